The number of hydrogen-bond donors (Lipinski definition) is 1. The summed E-state index contributed by atoms with van der Waals surface area (Å²) in [4.78, 5) is 14.8. The van der Waals surface area contributed by atoms with E-state index in [0.717, 1.165) is 5.56 Å². The molecule has 1 fully saturated rings. The van der Waals surface area contributed by atoms with Crippen molar-refractivity contribution in [1.82, 2.24) is 10.2 Å². The van der Waals surface area contributed by atoms with E-state index in [0.29, 0.717) is 41.6 Å². The van der Waals surface area contributed by atoms with E-state index in [1.54, 1.807) is 12.1 Å². The van der Waals surface area contributed by atoms with Gasteiger partial charge in [0.2, 0.25) is 0 Å². The van der Waals surface area contributed by atoms with Crippen LogP contribution in [0.15, 0.2) is 48.5 Å². The zero-order valence-corrected chi connectivity index (χ0v) is 16.0. The van der Waals surface area contributed by atoms with Gasteiger partial charge in [-0.25, -0.2) is 0 Å². The highest BCUT2D eigenvalue weighted by atomic mass is 35.5. The van der Waals surface area contributed by atoms with Crippen molar-refractivity contribution in [3.8, 4) is 5.75 Å². The molecule has 5 heteroatoms. The van der Waals surface area contributed by atoms with Crippen molar-refractivity contribution in [2.45, 2.75) is 38.5 Å². The first-order chi connectivity index (χ1) is 12.5. The maximum absolute atomic E-state index is 12.4. The molecule has 138 valence electrons. The van der Waals surface area contributed by atoms with Crippen molar-refractivity contribution in [2.75, 3.05) is 13.6 Å². The first kappa shape index (κ1) is 18.7. The molecule has 1 aliphatic rings. The Morgan fingerprint density at radius 3 is 2.77 bits per heavy atom. The first-order valence-electron chi connectivity index (χ1n) is 9.00. The Morgan fingerprint density at radius 2 is 2.04 bits per heavy atom. The van der Waals surface area contributed by atoms with E-state index >= 15 is 0 Å². The van der Waals surface area contributed by atoms with Crippen LogP contribution in [0.1, 0.15) is 35.7 Å². The number of rotatable bonds is 8. The smallest absolute Gasteiger partial charge is 0.251 e. The number of benzene rings is 2. The van der Waals surface area contributed by atoms with Crippen LogP contribution in [0.25, 0.3) is 0 Å². The van der Waals surface area contributed by atoms with E-state index in [4.69, 9.17) is 16.3 Å². The average molecular weight is 373 g/mol. The van der Waals surface area contributed by atoms with E-state index < -0.39 is 0 Å². The second kappa shape index (κ2) is 8.56. The van der Waals surface area contributed by atoms with Gasteiger partial charge in [-0.1, -0.05) is 29.8 Å². The maximum atomic E-state index is 12.4. The van der Waals surface area contributed by atoms with Gasteiger partial charge < -0.3 is 10.1 Å². The molecule has 26 heavy (non-hydrogen) atoms. The summed E-state index contributed by atoms with van der Waals surface area (Å²) in [5, 5.41) is 3.70. The molecule has 1 atom stereocenters. The highest BCUT2D eigenvalue weighted by Crippen LogP contribution is 2.26. The second-order valence-electron chi connectivity index (χ2n) is 6.90. The molecule has 0 aromatic heterocycles. The highest BCUT2D eigenvalue weighted by Gasteiger charge is 2.29. The third-order valence-corrected chi connectivity index (χ3v) is 5.00. The fourth-order valence-corrected chi connectivity index (χ4v) is 3.06. The monoisotopic (exact) mass is 372 g/mol. The van der Waals surface area contributed by atoms with Gasteiger partial charge in [0.05, 0.1) is 0 Å². The van der Waals surface area contributed by atoms with Crippen LogP contribution in [-0.2, 0) is 6.61 Å². The Bertz CT molecular complexity index is 761. The minimum atomic E-state index is -0.0748. The summed E-state index contributed by atoms with van der Waals surface area (Å²) in [7, 11) is 2.12. The molecule has 0 aliphatic heterocycles. The van der Waals surface area contributed by atoms with Crippen molar-refractivity contribution in [3.63, 3.8) is 0 Å². The van der Waals surface area contributed by atoms with Gasteiger partial charge in [-0.05, 0) is 62.7 Å². The van der Waals surface area contributed by atoms with Crippen molar-refractivity contribution in [1.29, 1.82) is 0 Å². The SMILES string of the molecule is CC(CNC(=O)c1cccc(OCc2cccc(Cl)c2)c1)N(C)C1CC1. The summed E-state index contributed by atoms with van der Waals surface area (Å²) in [6.07, 6.45) is 2.53. The largest absolute Gasteiger partial charge is 0.489 e. The summed E-state index contributed by atoms with van der Waals surface area (Å²) in [5.41, 5.74) is 1.60. The zero-order chi connectivity index (χ0) is 18.5. The van der Waals surface area contributed by atoms with Gasteiger partial charge in [0.25, 0.3) is 5.91 Å². The molecule has 3 rings (SSSR count). The zero-order valence-electron chi connectivity index (χ0n) is 15.2. The Kier molecular flexibility index (Phi) is 6.17. The number of amides is 1. The third-order valence-electron chi connectivity index (χ3n) is 4.77. The molecule has 2 aromatic carbocycles. The molecule has 1 amide bonds. The van der Waals surface area contributed by atoms with E-state index in [2.05, 4.69) is 24.2 Å². The molecule has 1 saturated carbocycles. The summed E-state index contributed by atoms with van der Waals surface area (Å²) in [5.74, 6) is 0.593. The average Bonchev–Trinajstić information content (AvgIpc) is 3.49. The standard InChI is InChI=1S/C21H25ClN2O2/c1-15(24(2)19-9-10-19)13-23-21(25)17-6-4-8-20(12-17)26-14-16-5-3-7-18(22)11-16/h3-8,11-12,15,19H,9-10,13-14H2,1-2H3,(H,23,25). The molecule has 0 heterocycles. The molecular weight excluding hydrogens is 348 g/mol. The van der Waals surface area contributed by atoms with Crippen molar-refractivity contribution < 1.29 is 9.53 Å². The lowest BCUT2D eigenvalue weighted by Crippen LogP contribution is -2.41. The van der Waals surface area contributed by atoms with Crippen LogP contribution < -0.4 is 10.1 Å². The topological polar surface area (TPSA) is 41.6 Å². The summed E-state index contributed by atoms with van der Waals surface area (Å²) in [6.45, 7) is 3.19. The van der Waals surface area contributed by atoms with Crippen LogP contribution >= 0.6 is 11.6 Å². The molecule has 1 unspecified atom stereocenters. The molecule has 4 nitrogen and oxygen atoms in total. The summed E-state index contributed by atoms with van der Waals surface area (Å²) in [6, 6.07) is 15.8. The van der Waals surface area contributed by atoms with Crippen molar-refractivity contribution in [3.05, 3.63) is 64.7 Å². The molecule has 0 saturated heterocycles. The van der Waals surface area contributed by atoms with E-state index in [-0.39, 0.29) is 5.91 Å². The lowest BCUT2D eigenvalue weighted by Gasteiger charge is -2.24. The molecule has 0 radical (unpaired) electrons. The number of hydrogen-bond acceptors (Lipinski definition) is 3. The lowest BCUT2D eigenvalue weighted by molar-refractivity contribution is 0.0939. The summed E-state index contributed by atoms with van der Waals surface area (Å²) >= 11 is 5.99. The number of nitrogens with one attached hydrogen (secondary N) is 1. The minimum absolute atomic E-state index is 0.0748. The molecular formula is C21H25ClN2O2. The van der Waals surface area contributed by atoms with Gasteiger partial charge in [-0.2, -0.15) is 0 Å². The van der Waals surface area contributed by atoms with Gasteiger partial charge in [0.1, 0.15) is 12.4 Å². The number of nitrogens with zero attached hydrogens (tertiary/aromatic N) is 1. The van der Waals surface area contributed by atoms with E-state index in [1.807, 2.05) is 36.4 Å². The van der Waals surface area contributed by atoms with Crippen molar-refractivity contribution >= 4 is 17.5 Å². The predicted molar refractivity (Wildman–Crippen MR) is 105 cm³/mol. The van der Waals surface area contributed by atoms with Crippen LogP contribution in [-0.4, -0.2) is 36.5 Å². The fourth-order valence-electron chi connectivity index (χ4n) is 2.85. The van der Waals surface area contributed by atoms with Crippen LogP contribution in [0.3, 0.4) is 0 Å². The predicted octanol–water partition coefficient (Wildman–Crippen LogP) is 4.13. The number of carbonyl (C=O) groups is 1. The van der Waals surface area contributed by atoms with Gasteiger partial charge in [0.15, 0.2) is 0 Å². The third kappa shape index (κ3) is 5.23. The molecule has 1 aliphatic carbocycles. The quantitative estimate of drug-likeness (QED) is 0.757. The first-order valence-corrected chi connectivity index (χ1v) is 9.38. The van der Waals surface area contributed by atoms with E-state index in [9.17, 15) is 4.79 Å². The minimum Gasteiger partial charge on any atom is -0.489 e. The Labute approximate surface area is 160 Å². The number of likely N-dealkylation sites (N-methyl/N-ethyl adjacent to an activating group) is 1. The van der Waals surface area contributed by atoms with E-state index in [1.165, 1.54) is 12.8 Å². The van der Waals surface area contributed by atoms with Gasteiger partial charge in [0, 0.05) is 29.2 Å². The molecule has 1 N–H and O–H groups in total. The number of ether oxygens (including phenoxy) is 1. The Hall–Kier alpha value is -2.04. The second-order valence-corrected chi connectivity index (χ2v) is 7.34. The van der Waals surface area contributed by atoms with Gasteiger partial charge in [-0.3, -0.25) is 9.69 Å². The molecule has 0 spiro atoms. The van der Waals surface area contributed by atoms with Crippen LogP contribution in [0.4, 0.5) is 0 Å². The number of carbonyl (C=O) groups excluding carboxylic acids is 1. The van der Waals surface area contributed by atoms with Gasteiger partial charge >= 0.3 is 0 Å². The summed E-state index contributed by atoms with van der Waals surface area (Å²) < 4.78 is 5.79. The van der Waals surface area contributed by atoms with Crippen molar-refractivity contribution in [2.24, 2.45) is 0 Å². The normalized spacial score (nSPS) is 14.9. The fraction of sp³-hybridized carbons (Fsp3) is 0.381. The number of halogens is 1. The van der Waals surface area contributed by atoms with Crippen LogP contribution in [0.5, 0.6) is 5.75 Å². The molecule has 2 aromatic rings. The Morgan fingerprint density at radius 1 is 1.27 bits per heavy atom. The highest BCUT2D eigenvalue weighted by molar-refractivity contribution is 6.30. The molecule has 0 bridgehead atoms. The van der Waals surface area contributed by atoms with Crippen LogP contribution in [0, 0.1) is 0 Å². The maximum Gasteiger partial charge on any atom is 0.251 e. The Balaban J connectivity index is 1.53. The lowest BCUT2D eigenvalue weighted by atomic mass is 10.2. The van der Waals surface area contributed by atoms with Crippen LogP contribution in [0.2, 0.25) is 5.02 Å². The van der Waals surface area contributed by atoms with Gasteiger partial charge in [-0.15, -0.1) is 0 Å².